The molecule has 2 aliphatic rings. The Morgan fingerprint density at radius 3 is 2.62 bits per heavy atom. The maximum Gasteiger partial charge on any atom is 0.228 e. The van der Waals surface area contributed by atoms with Gasteiger partial charge in [0, 0.05) is 37.8 Å². The molecule has 0 radical (unpaired) electrons. The maximum atomic E-state index is 13.4. The predicted molar refractivity (Wildman–Crippen MR) is 85.4 cm³/mol. The van der Waals surface area contributed by atoms with Crippen molar-refractivity contribution in [2.75, 3.05) is 38.1 Å². The minimum absolute atomic E-state index is 0.0404. The molecule has 0 bridgehead atoms. The van der Waals surface area contributed by atoms with E-state index in [1.807, 2.05) is 7.05 Å². The van der Waals surface area contributed by atoms with Crippen LogP contribution >= 0.6 is 0 Å². The molecule has 24 heavy (non-hydrogen) atoms. The molecule has 130 valence electrons. The number of carbonyl (C=O) groups excluding carboxylic acids is 2. The van der Waals surface area contributed by atoms with Crippen LogP contribution in [0.2, 0.25) is 0 Å². The summed E-state index contributed by atoms with van der Waals surface area (Å²) in [5.41, 5.74) is 0.169. The SMILES string of the molecule is CNC[C@H]1CCN(C(=O)[C@H]2CC(=O)N(c3cc(F)cc(F)c3)C2)C1. The van der Waals surface area contributed by atoms with Gasteiger partial charge in [-0.2, -0.15) is 0 Å². The van der Waals surface area contributed by atoms with E-state index in [4.69, 9.17) is 0 Å². The number of nitrogens with one attached hydrogen (secondary N) is 1. The van der Waals surface area contributed by atoms with E-state index >= 15 is 0 Å². The summed E-state index contributed by atoms with van der Waals surface area (Å²) in [7, 11) is 1.89. The van der Waals surface area contributed by atoms with Gasteiger partial charge in [0.15, 0.2) is 0 Å². The van der Waals surface area contributed by atoms with Crippen molar-refractivity contribution in [2.24, 2.45) is 11.8 Å². The number of rotatable bonds is 4. The standard InChI is InChI=1S/C17H21F2N3O2/c1-20-8-11-2-3-21(9-11)17(24)12-4-16(23)22(10-12)15-6-13(18)5-14(19)7-15/h5-7,11-12,20H,2-4,8-10H2,1H3/t11-,12+/m1/s1. The van der Waals surface area contributed by atoms with Gasteiger partial charge in [0.25, 0.3) is 0 Å². The van der Waals surface area contributed by atoms with E-state index in [-0.39, 0.29) is 30.5 Å². The van der Waals surface area contributed by atoms with Crippen LogP contribution in [0.5, 0.6) is 0 Å². The largest absolute Gasteiger partial charge is 0.342 e. The molecule has 0 spiro atoms. The fourth-order valence-corrected chi connectivity index (χ4v) is 3.56. The third-order valence-electron chi connectivity index (χ3n) is 4.72. The lowest BCUT2D eigenvalue weighted by molar-refractivity contribution is -0.134. The smallest absolute Gasteiger partial charge is 0.228 e. The van der Waals surface area contributed by atoms with Crippen molar-refractivity contribution >= 4 is 17.5 Å². The molecular weight excluding hydrogens is 316 g/mol. The highest BCUT2D eigenvalue weighted by atomic mass is 19.1. The molecule has 0 unspecified atom stereocenters. The lowest BCUT2D eigenvalue weighted by Gasteiger charge is -2.21. The first-order chi connectivity index (χ1) is 11.5. The first-order valence-corrected chi connectivity index (χ1v) is 8.17. The Bertz CT molecular complexity index is 632. The van der Waals surface area contributed by atoms with Crippen molar-refractivity contribution < 1.29 is 18.4 Å². The highest BCUT2D eigenvalue weighted by molar-refractivity contribution is 6.00. The van der Waals surface area contributed by atoms with Gasteiger partial charge in [-0.15, -0.1) is 0 Å². The van der Waals surface area contributed by atoms with E-state index in [1.165, 1.54) is 4.90 Å². The Hall–Kier alpha value is -2.02. The van der Waals surface area contributed by atoms with Gasteiger partial charge in [0.2, 0.25) is 11.8 Å². The number of benzene rings is 1. The van der Waals surface area contributed by atoms with Gasteiger partial charge < -0.3 is 15.1 Å². The Balaban J connectivity index is 1.67. The van der Waals surface area contributed by atoms with Crippen LogP contribution in [0.25, 0.3) is 0 Å². The highest BCUT2D eigenvalue weighted by Crippen LogP contribution is 2.29. The Labute approximate surface area is 139 Å². The number of amides is 2. The summed E-state index contributed by atoms with van der Waals surface area (Å²) < 4.78 is 26.7. The monoisotopic (exact) mass is 337 g/mol. The zero-order valence-corrected chi connectivity index (χ0v) is 13.6. The number of nitrogens with zero attached hydrogens (tertiary/aromatic N) is 2. The van der Waals surface area contributed by atoms with Gasteiger partial charge >= 0.3 is 0 Å². The predicted octanol–water partition coefficient (Wildman–Crippen LogP) is 1.39. The minimum Gasteiger partial charge on any atom is -0.342 e. The molecule has 2 atom stereocenters. The molecule has 1 N–H and O–H groups in total. The van der Waals surface area contributed by atoms with Gasteiger partial charge in [-0.3, -0.25) is 9.59 Å². The van der Waals surface area contributed by atoms with Gasteiger partial charge in [-0.05, 0) is 38.1 Å². The molecule has 7 heteroatoms. The van der Waals surface area contributed by atoms with Gasteiger partial charge in [-0.1, -0.05) is 0 Å². The third kappa shape index (κ3) is 3.40. The highest BCUT2D eigenvalue weighted by Gasteiger charge is 2.39. The molecule has 1 aromatic rings. The zero-order valence-electron chi connectivity index (χ0n) is 13.6. The normalized spacial score (nSPS) is 24.0. The molecule has 2 heterocycles. The molecule has 0 saturated carbocycles. The van der Waals surface area contributed by atoms with Crippen LogP contribution in [0, 0.1) is 23.5 Å². The molecule has 2 fully saturated rings. The van der Waals surface area contributed by atoms with Crippen molar-refractivity contribution in [3.63, 3.8) is 0 Å². The first-order valence-electron chi connectivity index (χ1n) is 8.17. The topological polar surface area (TPSA) is 52.7 Å². The third-order valence-corrected chi connectivity index (χ3v) is 4.72. The van der Waals surface area contributed by atoms with Gasteiger partial charge in [0.05, 0.1) is 5.92 Å². The molecule has 1 aromatic carbocycles. The van der Waals surface area contributed by atoms with E-state index < -0.39 is 17.6 Å². The summed E-state index contributed by atoms with van der Waals surface area (Å²) in [6, 6.07) is 3.00. The van der Waals surface area contributed by atoms with E-state index in [9.17, 15) is 18.4 Å². The molecule has 0 aromatic heterocycles. The second-order valence-corrected chi connectivity index (χ2v) is 6.53. The lowest BCUT2D eigenvalue weighted by atomic mass is 10.1. The fraction of sp³-hybridized carbons (Fsp3) is 0.529. The number of hydrogen-bond acceptors (Lipinski definition) is 3. The summed E-state index contributed by atoms with van der Waals surface area (Å²) in [6.45, 7) is 2.43. The van der Waals surface area contributed by atoms with Crippen molar-refractivity contribution in [1.29, 1.82) is 0 Å². The molecule has 2 aliphatic heterocycles. The van der Waals surface area contributed by atoms with Crippen LogP contribution in [-0.4, -0.2) is 49.9 Å². The average Bonchev–Trinajstić information content (AvgIpc) is 3.13. The van der Waals surface area contributed by atoms with Crippen molar-refractivity contribution in [3.05, 3.63) is 29.8 Å². The summed E-state index contributed by atoms with van der Waals surface area (Å²) >= 11 is 0. The van der Waals surface area contributed by atoms with Crippen LogP contribution < -0.4 is 10.2 Å². The molecule has 3 rings (SSSR count). The summed E-state index contributed by atoms with van der Waals surface area (Å²) in [5.74, 6) is -1.80. The Kier molecular flexibility index (Phi) is 4.80. The average molecular weight is 337 g/mol. The summed E-state index contributed by atoms with van der Waals surface area (Å²) in [5, 5.41) is 3.11. The molecule has 5 nitrogen and oxygen atoms in total. The maximum absolute atomic E-state index is 13.4. The minimum atomic E-state index is -0.734. The van der Waals surface area contributed by atoms with Crippen LogP contribution in [0.1, 0.15) is 12.8 Å². The quantitative estimate of drug-likeness (QED) is 0.903. The molecule has 2 saturated heterocycles. The Morgan fingerprint density at radius 2 is 1.96 bits per heavy atom. The molecule has 0 aliphatic carbocycles. The van der Waals surface area contributed by atoms with Crippen molar-refractivity contribution in [2.45, 2.75) is 12.8 Å². The van der Waals surface area contributed by atoms with E-state index in [2.05, 4.69) is 5.32 Å². The fourth-order valence-electron chi connectivity index (χ4n) is 3.56. The van der Waals surface area contributed by atoms with Crippen molar-refractivity contribution in [3.8, 4) is 0 Å². The number of halogens is 2. The van der Waals surface area contributed by atoms with Crippen LogP contribution in [0.3, 0.4) is 0 Å². The van der Waals surface area contributed by atoms with Gasteiger partial charge in [-0.25, -0.2) is 8.78 Å². The zero-order chi connectivity index (χ0) is 17.3. The van der Waals surface area contributed by atoms with E-state index in [1.54, 1.807) is 4.90 Å². The van der Waals surface area contributed by atoms with E-state index in [0.717, 1.165) is 31.2 Å². The number of carbonyl (C=O) groups is 2. The molecule has 2 amide bonds. The van der Waals surface area contributed by atoms with Gasteiger partial charge in [0.1, 0.15) is 11.6 Å². The van der Waals surface area contributed by atoms with Crippen LogP contribution in [0.15, 0.2) is 18.2 Å². The van der Waals surface area contributed by atoms with Crippen LogP contribution in [-0.2, 0) is 9.59 Å². The first kappa shape index (κ1) is 16.8. The number of likely N-dealkylation sites (tertiary alicyclic amines) is 1. The number of anilines is 1. The lowest BCUT2D eigenvalue weighted by Crippen LogP contribution is -2.36. The van der Waals surface area contributed by atoms with Crippen molar-refractivity contribution in [1.82, 2.24) is 10.2 Å². The Morgan fingerprint density at radius 1 is 1.25 bits per heavy atom. The van der Waals surface area contributed by atoms with Crippen LogP contribution in [0.4, 0.5) is 14.5 Å². The summed E-state index contributed by atoms with van der Waals surface area (Å²) in [6.07, 6.45) is 1.04. The number of hydrogen-bond donors (Lipinski definition) is 1. The second kappa shape index (κ2) is 6.84. The van der Waals surface area contributed by atoms with E-state index in [0.29, 0.717) is 19.0 Å². The second-order valence-electron chi connectivity index (χ2n) is 6.53. The summed E-state index contributed by atoms with van der Waals surface area (Å²) in [4.78, 5) is 27.9. The molecular formula is C17H21F2N3O2.